The minimum absolute atomic E-state index is 0.0327. The summed E-state index contributed by atoms with van der Waals surface area (Å²) in [7, 11) is 1.27. The maximum Gasteiger partial charge on any atom is 0.341 e. The lowest BCUT2D eigenvalue weighted by molar-refractivity contribution is 0.0600. The maximum atomic E-state index is 13.5. The summed E-state index contributed by atoms with van der Waals surface area (Å²) >= 11 is 5.92. The first kappa shape index (κ1) is 13.5. The van der Waals surface area contributed by atoms with Crippen molar-refractivity contribution in [3.05, 3.63) is 52.4 Å². The van der Waals surface area contributed by atoms with Crippen LogP contribution in [-0.2, 0) is 4.74 Å². The predicted octanol–water partition coefficient (Wildman–Crippen LogP) is 3.64. The van der Waals surface area contributed by atoms with E-state index in [4.69, 9.17) is 11.6 Å². The van der Waals surface area contributed by atoms with Crippen LogP contribution in [0.3, 0.4) is 0 Å². The normalized spacial score (nSPS) is 10.3. The van der Waals surface area contributed by atoms with Gasteiger partial charge in [-0.1, -0.05) is 23.7 Å². The number of nitrogens with zero attached hydrogens (tertiary/aromatic N) is 1. The van der Waals surface area contributed by atoms with E-state index in [9.17, 15) is 9.18 Å². The van der Waals surface area contributed by atoms with Crippen molar-refractivity contribution < 1.29 is 13.9 Å². The van der Waals surface area contributed by atoms with Crippen LogP contribution < -0.4 is 0 Å². The summed E-state index contributed by atoms with van der Waals surface area (Å²) in [4.78, 5) is 15.5. The first-order chi connectivity index (χ1) is 9.02. The molecule has 3 nitrogen and oxygen atoms in total. The van der Waals surface area contributed by atoms with Crippen molar-refractivity contribution in [2.45, 2.75) is 6.92 Å². The monoisotopic (exact) mass is 279 g/mol. The number of methoxy groups -OCH3 is 1. The molecule has 0 atom stereocenters. The molecule has 0 saturated heterocycles. The number of hydrogen-bond acceptors (Lipinski definition) is 3. The number of halogens is 2. The Morgan fingerprint density at radius 3 is 2.63 bits per heavy atom. The SMILES string of the molecule is COC(=O)c1ccc(-c2ccc(C)c(F)c2)nc1Cl. The number of benzene rings is 1. The zero-order valence-corrected chi connectivity index (χ0v) is 11.2. The standard InChI is InChI=1S/C14H11ClFNO2/c1-8-3-4-9(7-11(8)16)12-6-5-10(13(15)17-12)14(18)19-2/h3-7H,1-2H3. The zero-order chi connectivity index (χ0) is 14.0. The Morgan fingerprint density at radius 1 is 1.32 bits per heavy atom. The average Bonchev–Trinajstić information content (AvgIpc) is 2.41. The molecule has 0 aliphatic heterocycles. The lowest BCUT2D eigenvalue weighted by Crippen LogP contribution is -2.03. The molecule has 1 aromatic heterocycles. The number of aromatic nitrogens is 1. The summed E-state index contributed by atoms with van der Waals surface area (Å²) in [5.74, 6) is -0.869. The van der Waals surface area contributed by atoms with E-state index in [2.05, 4.69) is 9.72 Å². The number of ether oxygens (including phenoxy) is 1. The van der Waals surface area contributed by atoms with Crippen molar-refractivity contribution in [1.29, 1.82) is 0 Å². The van der Waals surface area contributed by atoms with Gasteiger partial charge in [-0.05, 0) is 30.7 Å². The van der Waals surface area contributed by atoms with Crippen LogP contribution in [0.15, 0.2) is 30.3 Å². The Labute approximate surface area is 115 Å². The van der Waals surface area contributed by atoms with Gasteiger partial charge in [0.2, 0.25) is 0 Å². The van der Waals surface area contributed by atoms with Crippen LogP contribution in [0.1, 0.15) is 15.9 Å². The fraction of sp³-hybridized carbons (Fsp3) is 0.143. The van der Waals surface area contributed by atoms with Gasteiger partial charge < -0.3 is 4.74 Å². The molecule has 0 aliphatic carbocycles. The second-order valence-corrected chi connectivity index (χ2v) is 4.35. The second-order valence-electron chi connectivity index (χ2n) is 3.99. The number of carbonyl (C=O) groups excluding carboxylic acids is 1. The van der Waals surface area contributed by atoms with Crippen molar-refractivity contribution in [2.24, 2.45) is 0 Å². The third-order valence-corrected chi connectivity index (χ3v) is 3.01. The van der Waals surface area contributed by atoms with E-state index in [1.165, 1.54) is 19.2 Å². The second kappa shape index (κ2) is 5.36. The number of esters is 1. The molecule has 0 fully saturated rings. The van der Waals surface area contributed by atoms with Gasteiger partial charge in [0.25, 0.3) is 0 Å². The Bertz CT molecular complexity index is 643. The van der Waals surface area contributed by atoms with E-state index in [1.54, 1.807) is 25.1 Å². The van der Waals surface area contributed by atoms with Gasteiger partial charge >= 0.3 is 5.97 Å². The molecule has 98 valence electrons. The molecule has 5 heteroatoms. The zero-order valence-electron chi connectivity index (χ0n) is 10.4. The van der Waals surface area contributed by atoms with Crippen LogP contribution >= 0.6 is 11.6 Å². The Hall–Kier alpha value is -1.94. The van der Waals surface area contributed by atoms with Gasteiger partial charge in [-0.2, -0.15) is 0 Å². The molecule has 0 amide bonds. The van der Waals surface area contributed by atoms with Crippen LogP contribution in [-0.4, -0.2) is 18.1 Å². The maximum absolute atomic E-state index is 13.5. The van der Waals surface area contributed by atoms with E-state index in [0.29, 0.717) is 16.8 Å². The highest BCUT2D eigenvalue weighted by Crippen LogP contribution is 2.23. The van der Waals surface area contributed by atoms with Gasteiger partial charge in [0, 0.05) is 5.56 Å². The van der Waals surface area contributed by atoms with Crippen LogP contribution in [0.25, 0.3) is 11.3 Å². The minimum Gasteiger partial charge on any atom is -0.465 e. The molecule has 0 N–H and O–H groups in total. The molecular formula is C14H11ClFNO2. The third-order valence-electron chi connectivity index (χ3n) is 2.72. The van der Waals surface area contributed by atoms with E-state index in [-0.39, 0.29) is 16.5 Å². The molecule has 0 bridgehead atoms. The van der Waals surface area contributed by atoms with Crippen molar-refractivity contribution in [1.82, 2.24) is 4.98 Å². The van der Waals surface area contributed by atoms with E-state index < -0.39 is 5.97 Å². The lowest BCUT2D eigenvalue weighted by Gasteiger charge is -2.06. The minimum atomic E-state index is -0.556. The Kier molecular flexibility index (Phi) is 3.81. The Morgan fingerprint density at radius 2 is 2.05 bits per heavy atom. The lowest BCUT2D eigenvalue weighted by atomic mass is 10.1. The molecule has 1 aromatic carbocycles. The van der Waals surface area contributed by atoms with Crippen LogP contribution in [0.2, 0.25) is 5.15 Å². The number of pyridine rings is 1. The van der Waals surface area contributed by atoms with Crippen molar-refractivity contribution >= 4 is 17.6 Å². The first-order valence-corrected chi connectivity index (χ1v) is 5.92. The summed E-state index contributed by atoms with van der Waals surface area (Å²) in [6.45, 7) is 1.68. The molecule has 0 unspecified atom stereocenters. The Balaban J connectivity index is 2.44. The van der Waals surface area contributed by atoms with Crippen LogP contribution in [0.5, 0.6) is 0 Å². The van der Waals surface area contributed by atoms with Gasteiger partial charge in [0.05, 0.1) is 18.4 Å². The molecular weight excluding hydrogens is 269 g/mol. The smallest absolute Gasteiger partial charge is 0.341 e. The molecule has 0 aliphatic rings. The van der Waals surface area contributed by atoms with E-state index >= 15 is 0 Å². The average molecular weight is 280 g/mol. The van der Waals surface area contributed by atoms with E-state index in [1.807, 2.05) is 0 Å². The molecule has 2 rings (SSSR count). The van der Waals surface area contributed by atoms with Gasteiger partial charge in [-0.3, -0.25) is 0 Å². The summed E-state index contributed by atoms with van der Waals surface area (Å²) in [5, 5.41) is 0.0327. The largest absolute Gasteiger partial charge is 0.465 e. The fourth-order valence-electron chi connectivity index (χ4n) is 1.61. The summed E-state index contributed by atoms with van der Waals surface area (Å²) in [6, 6.07) is 7.89. The van der Waals surface area contributed by atoms with Gasteiger partial charge in [-0.15, -0.1) is 0 Å². The first-order valence-electron chi connectivity index (χ1n) is 5.54. The highest BCUT2D eigenvalue weighted by Gasteiger charge is 2.13. The summed E-state index contributed by atoms with van der Waals surface area (Å²) in [6.07, 6.45) is 0. The molecule has 1 heterocycles. The van der Waals surface area contributed by atoms with Crippen LogP contribution in [0, 0.1) is 12.7 Å². The number of aryl methyl sites for hydroxylation is 1. The molecule has 0 saturated carbocycles. The summed E-state index contributed by atoms with van der Waals surface area (Å²) < 4.78 is 18.1. The quantitative estimate of drug-likeness (QED) is 0.622. The molecule has 0 spiro atoms. The predicted molar refractivity (Wildman–Crippen MR) is 70.7 cm³/mol. The molecule has 19 heavy (non-hydrogen) atoms. The highest BCUT2D eigenvalue weighted by molar-refractivity contribution is 6.32. The topological polar surface area (TPSA) is 39.2 Å². The van der Waals surface area contributed by atoms with Crippen LogP contribution in [0.4, 0.5) is 4.39 Å². The third kappa shape index (κ3) is 2.74. The molecule has 0 radical (unpaired) electrons. The number of carbonyl (C=O) groups is 1. The number of hydrogen-bond donors (Lipinski definition) is 0. The van der Waals surface area contributed by atoms with Gasteiger partial charge in [-0.25, -0.2) is 14.2 Å². The van der Waals surface area contributed by atoms with Gasteiger partial charge in [0.1, 0.15) is 11.0 Å². The van der Waals surface area contributed by atoms with Gasteiger partial charge in [0.15, 0.2) is 0 Å². The van der Waals surface area contributed by atoms with Crippen molar-refractivity contribution in [2.75, 3.05) is 7.11 Å². The van der Waals surface area contributed by atoms with Crippen molar-refractivity contribution in [3.8, 4) is 11.3 Å². The highest BCUT2D eigenvalue weighted by atomic mass is 35.5. The van der Waals surface area contributed by atoms with E-state index in [0.717, 1.165) is 0 Å². The summed E-state index contributed by atoms with van der Waals surface area (Å²) in [5.41, 5.74) is 1.83. The molecule has 2 aromatic rings. The number of rotatable bonds is 2. The van der Waals surface area contributed by atoms with Crippen molar-refractivity contribution in [3.63, 3.8) is 0 Å². The fourth-order valence-corrected chi connectivity index (χ4v) is 1.84.